The normalized spacial score (nSPS) is 11.1. The van der Waals surface area contributed by atoms with Gasteiger partial charge in [0.05, 0.1) is 0 Å². The fourth-order valence-corrected chi connectivity index (χ4v) is 7.02. The number of carbonyl (C=O) groups is 3. The molecule has 0 saturated heterocycles. The van der Waals surface area contributed by atoms with Gasteiger partial charge in [0, 0.05) is 17.9 Å². The molecule has 0 aliphatic carbocycles. The van der Waals surface area contributed by atoms with Gasteiger partial charge < -0.3 is 29.7 Å². The molecule has 0 aliphatic rings. The molecule has 0 aliphatic heterocycles. The Morgan fingerprint density at radius 1 is 0.262 bits per heavy atom. The summed E-state index contributed by atoms with van der Waals surface area (Å²) in [6, 6.07) is 0. The molecule has 0 unspecified atom stereocenters. The summed E-state index contributed by atoms with van der Waals surface area (Å²) in [5.41, 5.74) is 0. The SMILES string of the molecule is CCCCCCCC/C=C\CCCCCCCC(=O)[O-].CCCCCCCC/C=C\CCCCCCCC(=O)[O-].CCCCCCCC/C=C\CCCCCCCC(=O)[O-].[Mn+3]. The molecule has 0 N–H and O–H groups in total. The quantitative estimate of drug-likeness (QED) is 0.0341. The summed E-state index contributed by atoms with van der Waals surface area (Å²) in [7, 11) is 0. The molecule has 0 spiro atoms. The van der Waals surface area contributed by atoms with Crippen LogP contribution in [-0.4, -0.2) is 17.9 Å². The van der Waals surface area contributed by atoms with Gasteiger partial charge in [-0.25, -0.2) is 0 Å². The van der Waals surface area contributed by atoms with Crippen molar-refractivity contribution < 1.29 is 46.8 Å². The first-order valence-electron chi connectivity index (χ1n) is 25.9. The number of hydrogen-bond donors (Lipinski definition) is 0. The van der Waals surface area contributed by atoms with Crippen molar-refractivity contribution in [1.29, 1.82) is 0 Å². The molecular weight excluding hydrogens is 800 g/mol. The van der Waals surface area contributed by atoms with Crippen LogP contribution in [0.2, 0.25) is 0 Å². The Morgan fingerprint density at radius 3 is 0.574 bits per heavy atom. The van der Waals surface area contributed by atoms with Crippen LogP contribution in [0.3, 0.4) is 0 Å². The van der Waals surface area contributed by atoms with Gasteiger partial charge in [0.2, 0.25) is 0 Å². The van der Waals surface area contributed by atoms with E-state index in [9.17, 15) is 29.7 Å². The van der Waals surface area contributed by atoms with Crippen LogP contribution in [-0.2, 0) is 31.5 Å². The first-order valence-corrected chi connectivity index (χ1v) is 25.9. The molecule has 0 aromatic carbocycles. The van der Waals surface area contributed by atoms with Crippen LogP contribution in [0.1, 0.15) is 290 Å². The third kappa shape index (κ3) is 75.9. The Labute approximate surface area is 389 Å². The van der Waals surface area contributed by atoms with Crippen molar-refractivity contribution in [2.45, 2.75) is 290 Å². The van der Waals surface area contributed by atoms with E-state index in [1.165, 1.54) is 193 Å². The van der Waals surface area contributed by atoms with E-state index in [1.54, 1.807) is 0 Å². The summed E-state index contributed by atoms with van der Waals surface area (Å²) in [5, 5.41) is 30.6. The minimum atomic E-state index is -0.914. The molecule has 0 aromatic heterocycles. The van der Waals surface area contributed by atoms with E-state index in [0.717, 1.165) is 57.8 Å². The summed E-state index contributed by atoms with van der Waals surface area (Å²) < 4.78 is 0. The molecule has 7 heteroatoms. The second-order valence-corrected chi connectivity index (χ2v) is 17.1. The number of carbonyl (C=O) groups excluding carboxylic acids is 3. The van der Waals surface area contributed by atoms with Crippen molar-refractivity contribution in [3.05, 3.63) is 36.5 Å². The van der Waals surface area contributed by atoms with Crippen LogP contribution < -0.4 is 15.3 Å². The maximum Gasteiger partial charge on any atom is 3.00 e. The smallest absolute Gasteiger partial charge is 0.550 e. The van der Waals surface area contributed by atoms with Gasteiger partial charge in [0.25, 0.3) is 0 Å². The van der Waals surface area contributed by atoms with E-state index in [0.29, 0.717) is 0 Å². The second-order valence-electron chi connectivity index (χ2n) is 17.1. The average Bonchev–Trinajstić information content (AvgIpc) is 3.22. The number of aliphatic carboxylic acids is 3. The second kappa shape index (κ2) is 62.4. The van der Waals surface area contributed by atoms with E-state index in [4.69, 9.17) is 0 Å². The molecule has 0 atom stereocenters. The largest absolute Gasteiger partial charge is 3.00 e. The Hall–Kier alpha value is -1.85. The Morgan fingerprint density at radius 2 is 0.410 bits per heavy atom. The van der Waals surface area contributed by atoms with Crippen molar-refractivity contribution in [3.63, 3.8) is 0 Å². The fraction of sp³-hybridized carbons (Fsp3) is 0.833. The average molecular weight is 899 g/mol. The number of unbranched alkanes of at least 4 members (excludes halogenated alkanes) is 33. The molecule has 0 bridgehead atoms. The van der Waals surface area contributed by atoms with Gasteiger partial charge in [0.1, 0.15) is 0 Å². The molecular formula is C54H99MnO6. The van der Waals surface area contributed by atoms with Gasteiger partial charge in [-0.15, -0.1) is 0 Å². The van der Waals surface area contributed by atoms with Gasteiger partial charge in [-0.05, 0) is 116 Å². The van der Waals surface area contributed by atoms with Crippen molar-refractivity contribution in [1.82, 2.24) is 0 Å². The Kier molecular flexibility index (Phi) is 67.3. The summed E-state index contributed by atoms with van der Waals surface area (Å²) in [5.74, 6) is -2.74. The summed E-state index contributed by atoms with van der Waals surface area (Å²) >= 11 is 0. The Bertz CT molecular complexity index is 827. The van der Waals surface area contributed by atoms with Crippen molar-refractivity contribution in [2.75, 3.05) is 0 Å². The molecule has 358 valence electrons. The molecule has 0 aromatic rings. The van der Waals surface area contributed by atoms with Gasteiger partial charge in [0.15, 0.2) is 0 Å². The first-order chi connectivity index (χ1) is 29.3. The molecule has 0 fully saturated rings. The van der Waals surface area contributed by atoms with Gasteiger partial charge >= 0.3 is 17.1 Å². The van der Waals surface area contributed by atoms with Gasteiger partial charge in [-0.3, -0.25) is 0 Å². The number of allylic oxidation sites excluding steroid dienone is 6. The van der Waals surface area contributed by atoms with Crippen LogP contribution in [0.15, 0.2) is 36.5 Å². The molecule has 0 heterocycles. The summed E-state index contributed by atoms with van der Waals surface area (Å²) in [6.07, 6.45) is 62.7. The number of hydrogen-bond acceptors (Lipinski definition) is 6. The fourth-order valence-electron chi connectivity index (χ4n) is 7.02. The monoisotopic (exact) mass is 899 g/mol. The number of carboxylic acid groups (broad SMARTS) is 3. The van der Waals surface area contributed by atoms with Crippen molar-refractivity contribution in [3.8, 4) is 0 Å². The minimum Gasteiger partial charge on any atom is -0.550 e. The maximum atomic E-state index is 10.2. The van der Waals surface area contributed by atoms with Crippen LogP contribution in [0, 0.1) is 0 Å². The third-order valence-electron chi connectivity index (χ3n) is 10.9. The summed E-state index contributed by atoms with van der Waals surface area (Å²) in [4.78, 5) is 30.6. The number of carboxylic acids is 3. The summed E-state index contributed by atoms with van der Waals surface area (Å²) in [6.45, 7) is 6.77. The molecule has 61 heavy (non-hydrogen) atoms. The van der Waals surface area contributed by atoms with Crippen LogP contribution in [0.5, 0.6) is 0 Å². The topological polar surface area (TPSA) is 120 Å². The predicted octanol–water partition coefficient (Wildman–Crippen LogP) is 14.3. The van der Waals surface area contributed by atoms with Crippen LogP contribution in [0.25, 0.3) is 0 Å². The van der Waals surface area contributed by atoms with E-state index >= 15 is 0 Å². The zero-order valence-electron chi connectivity index (χ0n) is 40.5. The van der Waals surface area contributed by atoms with E-state index in [1.807, 2.05) is 0 Å². The first kappa shape index (κ1) is 65.8. The van der Waals surface area contributed by atoms with Crippen LogP contribution >= 0.6 is 0 Å². The zero-order valence-corrected chi connectivity index (χ0v) is 41.7. The predicted molar refractivity (Wildman–Crippen MR) is 253 cm³/mol. The van der Waals surface area contributed by atoms with E-state index in [2.05, 4.69) is 57.2 Å². The van der Waals surface area contributed by atoms with Crippen molar-refractivity contribution >= 4 is 17.9 Å². The third-order valence-corrected chi connectivity index (χ3v) is 10.9. The molecule has 0 rings (SSSR count). The van der Waals surface area contributed by atoms with Crippen molar-refractivity contribution in [2.24, 2.45) is 0 Å². The molecule has 0 amide bonds. The number of rotatable bonds is 45. The standard InChI is InChI=1S/3C18H34O2.Mn/c3*1-2-3-4-5-6-7-8-9-10-11-12-13-14-15-16-17-18(19)20;/h3*9-10H,2-8,11-17H2,1H3,(H,19,20);/q;;;+3/p-3/b3*10-9-;. The van der Waals surface area contributed by atoms with E-state index in [-0.39, 0.29) is 36.3 Å². The van der Waals surface area contributed by atoms with E-state index < -0.39 is 17.9 Å². The van der Waals surface area contributed by atoms with Gasteiger partial charge in [-0.2, -0.15) is 0 Å². The maximum absolute atomic E-state index is 10.2. The molecule has 0 saturated carbocycles. The minimum absolute atomic E-state index is 0. The molecule has 6 nitrogen and oxygen atoms in total. The van der Waals surface area contributed by atoms with Gasteiger partial charge in [-0.1, -0.05) is 211 Å². The Balaban J connectivity index is -0.000000396. The zero-order chi connectivity index (χ0) is 44.7. The molecule has 0 radical (unpaired) electrons. The van der Waals surface area contributed by atoms with Crippen LogP contribution in [0.4, 0.5) is 0 Å².